The van der Waals surface area contributed by atoms with Gasteiger partial charge in [0.1, 0.15) is 0 Å². The van der Waals surface area contributed by atoms with Crippen molar-refractivity contribution in [3.8, 4) is 0 Å². The van der Waals surface area contributed by atoms with Crippen molar-refractivity contribution >= 4 is 53.1 Å². The molecule has 3 rings (SSSR count). The Hall–Kier alpha value is -0.980. The molecule has 0 amide bonds. The number of guanidine groups is 1. The molecule has 2 aromatic carbocycles. The average molecular weight is 462 g/mol. The Morgan fingerprint density at radius 1 is 1.13 bits per heavy atom. The molecule has 0 aromatic heterocycles. The Balaban J connectivity index is 0.00000192. The maximum atomic E-state index is 6.05. The molecule has 0 bridgehead atoms. The molecule has 1 aliphatic rings. The molecule has 0 aliphatic carbocycles. The van der Waals surface area contributed by atoms with Crippen LogP contribution in [0.2, 0.25) is 10.0 Å². The Bertz CT molecular complexity index is 671. The summed E-state index contributed by atoms with van der Waals surface area (Å²) >= 11 is 12.1. The normalized spacial score (nSPS) is 16.3. The van der Waals surface area contributed by atoms with E-state index in [-0.39, 0.29) is 30.0 Å². The second kappa shape index (κ2) is 8.22. The van der Waals surface area contributed by atoms with Crippen molar-refractivity contribution in [2.24, 2.45) is 4.99 Å². The van der Waals surface area contributed by atoms with Gasteiger partial charge in [-0.1, -0.05) is 53.5 Å². The quantitative estimate of drug-likeness (QED) is 0.668. The van der Waals surface area contributed by atoms with Crippen molar-refractivity contribution in [1.29, 1.82) is 0 Å². The molecule has 23 heavy (non-hydrogen) atoms. The first-order chi connectivity index (χ1) is 10.6. The third-order valence-electron chi connectivity index (χ3n) is 3.63. The molecule has 1 heterocycles. The Morgan fingerprint density at radius 2 is 1.78 bits per heavy atom. The van der Waals surface area contributed by atoms with Crippen molar-refractivity contribution in [3.63, 3.8) is 0 Å². The van der Waals surface area contributed by atoms with Gasteiger partial charge in [-0.3, -0.25) is 4.99 Å². The molecule has 0 saturated heterocycles. The zero-order chi connectivity index (χ0) is 15.5. The van der Waals surface area contributed by atoms with Gasteiger partial charge >= 0.3 is 0 Å². The van der Waals surface area contributed by atoms with Crippen LogP contribution in [0, 0.1) is 0 Å². The Morgan fingerprint density at radius 3 is 2.43 bits per heavy atom. The van der Waals surface area contributed by atoms with E-state index < -0.39 is 0 Å². The fraction of sp³-hybridized carbons (Fsp3) is 0.235. The summed E-state index contributed by atoms with van der Waals surface area (Å²) in [4.78, 5) is 6.67. The first kappa shape index (κ1) is 18.4. The predicted octanol–water partition coefficient (Wildman–Crippen LogP) is 4.74. The molecule has 122 valence electrons. The van der Waals surface area contributed by atoms with Gasteiger partial charge < -0.3 is 10.2 Å². The smallest absolute Gasteiger partial charge is 0.194 e. The highest BCUT2D eigenvalue weighted by Gasteiger charge is 2.21. The molecule has 6 heteroatoms. The van der Waals surface area contributed by atoms with Crippen LogP contribution < -0.4 is 5.32 Å². The van der Waals surface area contributed by atoms with E-state index in [4.69, 9.17) is 23.2 Å². The fourth-order valence-corrected chi connectivity index (χ4v) is 3.15. The zero-order valence-corrected chi connectivity index (χ0v) is 16.5. The van der Waals surface area contributed by atoms with Crippen LogP contribution in [0.1, 0.15) is 17.2 Å². The van der Waals surface area contributed by atoms with E-state index in [2.05, 4.69) is 27.3 Å². The van der Waals surface area contributed by atoms with E-state index in [0.29, 0.717) is 16.6 Å². The summed E-state index contributed by atoms with van der Waals surface area (Å²) < 4.78 is 0. The Labute approximate surface area is 163 Å². The number of aliphatic imine (C=N–C) groups is 1. The van der Waals surface area contributed by atoms with Gasteiger partial charge in [0, 0.05) is 23.6 Å². The lowest BCUT2D eigenvalue weighted by molar-refractivity contribution is 0.480. The lowest BCUT2D eigenvalue weighted by Gasteiger charge is -2.21. The summed E-state index contributed by atoms with van der Waals surface area (Å²) in [7, 11) is 2.01. The molecule has 2 aromatic rings. The molecule has 1 atom stereocenters. The van der Waals surface area contributed by atoms with Crippen molar-refractivity contribution < 1.29 is 0 Å². The summed E-state index contributed by atoms with van der Waals surface area (Å²) in [5.74, 6) is 0.893. The molecule has 0 fully saturated rings. The minimum absolute atomic E-state index is 0. The van der Waals surface area contributed by atoms with Gasteiger partial charge in [0.25, 0.3) is 0 Å². The standard InChI is InChI=1S/C17H17Cl2N3.HI/c1-22(11-12-7-14(18)9-15(19)8-12)17-20-10-16(21-17)13-5-3-2-4-6-13;/h2-9,16H,10-11H2,1H3,(H,20,21);1H. The van der Waals surface area contributed by atoms with Crippen LogP contribution in [-0.4, -0.2) is 24.5 Å². The van der Waals surface area contributed by atoms with E-state index >= 15 is 0 Å². The van der Waals surface area contributed by atoms with Crippen molar-refractivity contribution in [1.82, 2.24) is 10.2 Å². The minimum atomic E-state index is 0. The number of nitrogens with one attached hydrogen (secondary N) is 1. The zero-order valence-electron chi connectivity index (χ0n) is 12.7. The van der Waals surface area contributed by atoms with Crippen molar-refractivity contribution in [3.05, 3.63) is 69.7 Å². The van der Waals surface area contributed by atoms with E-state index in [9.17, 15) is 0 Å². The summed E-state index contributed by atoms with van der Waals surface area (Å²) in [6, 6.07) is 16.2. The summed E-state index contributed by atoms with van der Waals surface area (Å²) in [5, 5.41) is 4.77. The first-order valence-corrected chi connectivity index (χ1v) is 7.89. The largest absolute Gasteiger partial charge is 0.348 e. The van der Waals surface area contributed by atoms with Crippen LogP contribution in [0.5, 0.6) is 0 Å². The number of rotatable bonds is 3. The summed E-state index contributed by atoms with van der Waals surface area (Å²) in [5.41, 5.74) is 2.31. The predicted molar refractivity (Wildman–Crippen MR) is 108 cm³/mol. The van der Waals surface area contributed by atoms with E-state index in [1.165, 1.54) is 5.56 Å². The SMILES string of the molecule is CN(Cc1cc(Cl)cc(Cl)c1)C1=NCC(c2ccccc2)N1.I. The van der Waals surface area contributed by atoms with Gasteiger partial charge in [-0.05, 0) is 29.3 Å². The molecular formula is C17H18Cl2IN3. The van der Waals surface area contributed by atoms with Crippen molar-refractivity contribution in [2.45, 2.75) is 12.6 Å². The van der Waals surface area contributed by atoms with Gasteiger partial charge in [0.15, 0.2) is 5.96 Å². The number of halogens is 3. The van der Waals surface area contributed by atoms with E-state index in [0.717, 1.165) is 18.1 Å². The summed E-state index contributed by atoms with van der Waals surface area (Å²) in [6.45, 7) is 1.45. The molecular weight excluding hydrogens is 444 g/mol. The van der Waals surface area contributed by atoms with E-state index in [1.54, 1.807) is 6.07 Å². The maximum absolute atomic E-state index is 6.05. The lowest BCUT2D eigenvalue weighted by atomic mass is 10.1. The highest BCUT2D eigenvalue weighted by molar-refractivity contribution is 14.0. The minimum Gasteiger partial charge on any atom is -0.348 e. The molecule has 0 spiro atoms. The van der Waals surface area contributed by atoms with Gasteiger partial charge in [-0.25, -0.2) is 0 Å². The average Bonchev–Trinajstić information content (AvgIpc) is 2.97. The lowest BCUT2D eigenvalue weighted by Crippen LogP contribution is -2.36. The highest BCUT2D eigenvalue weighted by atomic mass is 127. The van der Waals surface area contributed by atoms with E-state index in [1.807, 2.05) is 37.4 Å². The maximum Gasteiger partial charge on any atom is 0.194 e. The number of nitrogens with zero attached hydrogens (tertiary/aromatic N) is 2. The third-order valence-corrected chi connectivity index (χ3v) is 4.07. The van der Waals surface area contributed by atoms with Crippen LogP contribution in [-0.2, 0) is 6.54 Å². The van der Waals surface area contributed by atoms with Crippen LogP contribution in [0.25, 0.3) is 0 Å². The van der Waals surface area contributed by atoms with Gasteiger partial charge in [0.05, 0.1) is 12.6 Å². The highest BCUT2D eigenvalue weighted by Crippen LogP contribution is 2.21. The van der Waals surface area contributed by atoms with Gasteiger partial charge in [0.2, 0.25) is 0 Å². The van der Waals surface area contributed by atoms with Crippen LogP contribution in [0.15, 0.2) is 53.5 Å². The molecule has 1 unspecified atom stereocenters. The molecule has 0 radical (unpaired) electrons. The third kappa shape index (κ3) is 4.75. The monoisotopic (exact) mass is 461 g/mol. The topological polar surface area (TPSA) is 27.6 Å². The number of hydrogen-bond acceptors (Lipinski definition) is 3. The van der Waals surface area contributed by atoms with Crippen LogP contribution >= 0.6 is 47.2 Å². The second-order valence-electron chi connectivity index (χ2n) is 5.41. The van der Waals surface area contributed by atoms with Crippen molar-refractivity contribution in [2.75, 3.05) is 13.6 Å². The fourth-order valence-electron chi connectivity index (χ4n) is 2.58. The second-order valence-corrected chi connectivity index (χ2v) is 6.28. The van der Waals surface area contributed by atoms with Crippen LogP contribution in [0.4, 0.5) is 0 Å². The molecule has 1 N–H and O–H groups in total. The summed E-state index contributed by atoms with van der Waals surface area (Å²) in [6.07, 6.45) is 0. The number of hydrogen-bond donors (Lipinski definition) is 1. The first-order valence-electron chi connectivity index (χ1n) is 7.14. The molecule has 3 nitrogen and oxygen atoms in total. The van der Waals surface area contributed by atoms with Gasteiger partial charge in [-0.15, -0.1) is 24.0 Å². The Kier molecular flexibility index (Phi) is 6.56. The van der Waals surface area contributed by atoms with Gasteiger partial charge in [-0.2, -0.15) is 0 Å². The van der Waals surface area contributed by atoms with Crippen LogP contribution in [0.3, 0.4) is 0 Å². The number of benzene rings is 2. The molecule has 0 saturated carbocycles. The molecule has 1 aliphatic heterocycles.